The number of guanidine groups is 1. The molecule has 0 atom stereocenters. The molecule has 0 spiro atoms. The van der Waals surface area contributed by atoms with Crippen LogP contribution in [0.4, 0.5) is 0 Å². The van der Waals surface area contributed by atoms with Crippen molar-refractivity contribution in [1.29, 1.82) is 0 Å². The van der Waals surface area contributed by atoms with E-state index in [0.29, 0.717) is 10.6 Å². The molecule has 14 heavy (non-hydrogen) atoms. The maximum absolute atomic E-state index is 9.05. The number of hydrogen-bond acceptors (Lipinski definition) is 3. The van der Waals surface area contributed by atoms with Crippen molar-refractivity contribution in [2.24, 2.45) is 21.7 Å². The van der Waals surface area contributed by atoms with Crippen molar-refractivity contribution in [2.75, 3.05) is 0 Å². The number of halogens is 1. The maximum atomic E-state index is 9.05. The van der Waals surface area contributed by atoms with Crippen molar-refractivity contribution in [3.63, 3.8) is 0 Å². The number of benzene rings is 1. The van der Waals surface area contributed by atoms with Crippen LogP contribution in [-0.2, 0) is 0 Å². The number of nitrogens with zero attached hydrogens (tertiary/aromatic N) is 2. The third kappa shape index (κ3) is 2.95. The lowest BCUT2D eigenvalue weighted by atomic mass is 10.2. The molecule has 74 valence electrons. The van der Waals surface area contributed by atoms with Crippen LogP contribution in [0.3, 0.4) is 0 Å². The van der Waals surface area contributed by atoms with Crippen molar-refractivity contribution < 1.29 is 5.11 Å². The summed E-state index contributed by atoms with van der Waals surface area (Å²) >= 11 is 5.78. The predicted octanol–water partition coefficient (Wildman–Crippen LogP) is 0.653. The summed E-state index contributed by atoms with van der Waals surface area (Å²) in [6, 6.07) is 4.49. The highest BCUT2D eigenvalue weighted by atomic mass is 35.5. The first-order valence-electron chi connectivity index (χ1n) is 3.70. The van der Waals surface area contributed by atoms with Gasteiger partial charge in [-0.3, -0.25) is 0 Å². The van der Waals surface area contributed by atoms with Crippen LogP contribution < -0.4 is 11.5 Å². The van der Waals surface area contributed by atoms with Crippen LogP contribution in [0.1, 0.15) is 5.56 Å². The van der Waals surface area contributed by atoms with Gasteiger partial charge in [-0.15, -0.1) is 5.10 Å². The van der Waals surface area contributed by atoms with Gasteiger partial charge in [0, 0.05) is 5.56 Å². The molecule has 0 unspecified atom stereocenters. The number of hydrogen-bond donors (Lipinski definition) is 3. The van der Waals surface area contributed by atoms with E-state index in [1.165, 1.54) is 18.3 Å². The molecule has 5 N–H and O–H groups in total. The van der Waals surface area contributed by atoms with Crippen LogP contribution in [-0.4, -0.2) is 17.3 Å². The molecule has 5 nitrogen and oxygen atoms in total. The highest BCUT2D eigenvalue weighted by Gasteiger charge is 1.97. The Kier molecular flexibility index (Phi) is 3.30. The highest BCUT2D eigenvalue weighted by molar-refractivity contribution is 6.33. The molecule has 0 bridgehead atoms. The van der Waals surface area contributed by atoms with Crippen LogP contribution in [0, 0.1) is 0 Å². The lowest BCUT2D eigenvalue weighted by Crippen LogP contribution is -2.21. The van der Waals surface area contributed by atoms with Crippen molar-refractivity contribution in [3.05, 3.63) is 28.8 Å². The van der Waals surface area contributed by atoms with Crippen LogP contribution in [0.5, 0.6) is 5.75 Å². The van der Waals surface area contributed by atoms with Gasteiger partial charge < -0.3 is 16.6 Å². The molecular formula is C8H9ClN4O. The SMILES string of the molecule is NC(N)=N/N=C/c1ccc(O)cc1Cl. The Morgan fingerprint density at radius 2 is 2.14 bits per heavy atom. The van der Waals surface area contributed by atoms with Gasteiger partial charge in [-0.25, -0.2) is 0 Å². The molecule has 6 heteroatoms. The van der Waals surface area contributed by atoms with Crippen molar-refractivity contribution in [3.8, 4) is 5.75 Å². The molecule has 0 aliphatic heterocycles. The fourth-order valence-electron chi connectivity index (χ4n) is 0.778. The first-order valence-corrected chi connectivity index (χ1v) is 4.08. The summed E-state index contributed by atoms with van der Waals surface area (Å²) in [6.45, 7) is 0. The van der Waals surface area contributed by atoms with Gasteiger partial charge in [0.15, 0.2) is 0 Å². The van der Waals surface area contributed by atoms with Gasteiger partial charge in [-0.2, -0.15) is 5.10 Å². The lowest BCUT2D eigenvalue weighted by molar-refractivity contribution is 0.475. The van der Waals surface area contributed by atoms with E-state index in [1.54, 1.807) is 6.07 Å². The minimum atomic E-state index is -0.129. The molecule has 0 amide bonds. The molecule has 0 fully saturated rings. The number of rotatable bonds is 2. The Morgan fingerprint density at radius 1 is 1.43 bits per heavy atom. The van der Waals surface area contributed by atoms with Crippen LogP contribution in [0.2, 0.25) is 5.02 Å². The van der Waals surface area contributed by atoms with Gasteiger partial charge in [0.25, 0.3) is 0 Å². The first kappa shape index (κ1) is 10.3. The predicted molar refractivity (Wildman–Crippen MR) is 56.5 cm³/mol. The molecule has 0 heterocycles. The minimum absolute atomic E-state index is 0.0917. The number of phenolic OH excluding ortho intramolecular Hbond substituents is 1. The molecule has 0 saturated carbocycles. The zero-order valence-corrected chi connectivity index (χ0v) is 7.94. The molecule has 0 radical (unpaired) electrons. The Balaban J connectivity index is 2.87. The zero-order chi connectivity index (χ0) is 10.6. The minimum Gasteiger partial charge on any atom is -0.508 e. The average Bonchev–Trinajstić information content (AvgIpc) is 2.08. The van der Waals surface area contributed by atoms with Gasteiger partial charge in [-0.1, -0.05) is 11.6 Å². The Labute approximate surface area is 85.7 Å². The maximum Gasteiger partial charge on any atom is 0.211 e. The first-order chi connectivity index (χ1) is 6.59. The van der Waals surface area contributed by atoms with Crippen molar-refractivity contribution in [1.82, 2.24) is 0 Å². The topological polar surface area (TPSA) is 97.0 Å². The van der Waals surface area contributed by atoms with E-state index in [0.717, 1.165) is 0 Å². The van der Waals surface area contributed by atoms with Gasteiger partial charge in [-0.05, 0) is 18.2 Å². The normalized spacial score (nSPS) is 10.4. The van der Waals surface area contributed by atoms with Gasteiger partial charge in [0.1, 0.15) is 5.75 Å². The summed E-state index contributed by atoms with van der Waals surface area (Å²) < 4.78 is 0. The van der Waals surface area contributed by atoms with E-state index in [9.17, 15) is 0 Å². The monoisotopic (exact) mass is 212 g/mol. The third-order valence-electron chi connectivity index (χ3n) is 1.35. The second-order valence-corrected chi connectivity index (χ2v) is 2.88. The van der Waals surface area contributed by atoms with E-state index in [4.69, 9.17) is 28.2 Å². The van der Waals surface area contributed by atoms with Crippen LogP contribution in [0.15, 0.2) is 28.4 Å². The summed E-state index contributed by atoms with van der Waals surface area (Å²) in [6.07, 6.45) is 1.39. The molecule has 1 rings (SSSR count). The molecular weight excluding hydrogens is 204 g/mol. The van der Waals surface area contributed by atoms with E-state index in [1.807, 2.05) is 0 Å². The fraction of sp³-hybridized carbons (Fsp3) is 0. The van der Waals surface area contributed by atoms with E-state index in [-0.39, 0.29) is 11.7 Å². The molecule has 1 aromatic carbocycles. The zero-order valence-electron chi connectivity index (χ0n) is 7.18. The summed E-state index contributed by atoms with van der Waals surface area (Å²) in [5.41, 5.74) is 10.7. The smallest absolute Gasteiger partial charge is 0.211 e. The molecule has 1 aromatic rings. The highest BCUT2D eigenvalue weighted by Crippen LogP contribution is 2.19. The summed E-state index contributed by atoms with van der Waals surface area (Å²) in [4.78, 5) is 0. The van der Waals surface area contributed by atoms with Gasteiger partial charge in [0.05, 0.1) is 11.2 Å². The van der Waals surface area contributed by atoms with Gasteiger partial charge in [0.2, 0.25) is 5.96 Å². The number of aromatic hydroxyl groups is 1. The van der Waals surface area contributed by atoms with Crippen molar-refractivity contribution >= 4 is 23.8 Å². The molecule has 0 aliphatic carbocycles. The second kappa shape index (κ2) is 4.48. The second-order valence-electron chi connectivity index (χ2n) is 2.48. The van der Waals surface area contributed by atoms with E-state index in [2.05, 4.69) is 10.2 Å². The lowest BCUT2D eigenvalue weighted by Gasteiger charge is -1.96. The van der Waals surface area contributed by atoms with E-state index < -0.39 is 0 Å². The quantitative estimate of drug-likeness (QED) is 0.382. The summed E-state index contributed by atoms with van der Waals surface area (Å²) in [7, 11) is 0. The third-order valence-corrected chi connectivity index (χ3v) is 1.68. The molecule has 0 aliphatic rings. The Bertz CT molecular complexity index is 385. The Hall–Kier alpha value is -1.75. The number of nitrogens with two attached hydrogens (primary N) is 2. The standard InChI is InChI=1S/C8H9ClN4O/c9-7-3-6(14)2-1-5(7)4-12-13-8(10)11/h1-4,14H,(H4,10,11,13)/b12-4+. The molecule has 0 saturated heterocycles. The van der Waals surface area contributed by atoms with Crippen LogP contribution >= 0.6 is 11.6 Å². The summed E-state index contributed by atoms with van der Waals surface area (Å²) in [5, 5.41) is 16.4. The van der Waals surface area contributed by atoms with Crippen LogP contribution in [0.25, 0.3) is 0 Å². The van der Waals surface area contributed by atoms with Crippen molar-refractivity contribution in [2.45, 2.75) is 0 Å². The van der Waals surface area contributed by atoms with E-state index >= 15 is 0 Å². The molecule has 0 aromatic heterocycles. The summed E-state index contributed by atoms with van der Waals surface area (Å²) in [5.74, 6) is -0.0369. The number of phenols is 1. The van der Waals surface area contributed by atoms with Gasteiger partial charge >= 0.3 is 0 Å². The Morgan fingerprint density at radius 3 is 2.71 bits per heavy atom. The average molecular weight is 213 g/mol. The fourth-order valence-corrected chi connectivity index (χ4v) is 1.00. The largest absolute Gasteiger partial charge is 0.508 e.